The van der Waals surface area contributed by atoms with Gasteiger partial charge in [-0.05, 0) is 12.8 Å². The summed E-state index contributed by atoms with van der Waals surface area (Å²) in [7, 11) is 0. The SMILES string of the molecule is Cc1onc(C(C)(C)C)c1C(=O)NCC(C)C. The van der Waals surface area contributed by atoms with Gasteiger partial charge in [0, 0.05) is 12.0 Å². The van der Waals surface area contributed by atoms with Crippen LogP contribution in [0, 0.1) is 12.8 Å². The van der Waals surface area contributed by atoms with Gasteiger partial charge in [0.15, 0.2) is 0 Å². The molecule has 1 aromatic rings. The number of nitrogens with one attached hydrogen (secondary N) is 1. The van der Waals surface area contributed by atoms with Crippen molar-refractivity contribution in [3.8, 4) is 0 Å². The highest BCUT2D eigenvalue weighted by atomic mass is 16.5. The van der Waals surface area contributed by atoms with Crippen LogP contribution in [0.3, 0.4) is 0 Å². The van der Waals surface area contributed by atoms with Gasteiger partial charge in [-0.15, -0.1) is 0 Å². The van der Waals surface area contributed by atoms with Crippen LogP contribution < -0.4 is 5.32 Å². The van der Waals surface area contributed by atoms with Crippen molar-refractivity contribution in [2.75, 3.05) is 6.54 Å². The molecule has 4 nitrogen and oxygen atoms in total. The lowest BCUT2D eigenvalue weighted by Gasteiger charge is -2.16. The lowest BCUT2D eigenvalue weighted by molar-refractivity contribution is 0.0945. The first kappa shape index (κ1) is 13.7. The molecular formula is C13H22N2O2. The molecule has 0 spiro atoms. The fourth-order valence-electron chi connectivity index (χ4n) is 1.54. The predicted octanol–water partition coefficient (Wildman–Crippen LogP) is 2.67. The Morgan fingerprint density at radius 3 is 2.47 bits per heavy atom. The number of nitrogens with zero attached hydrogens (tertiary/aromatic N) is 1. The molecule has 0 aliphatic heterocycles. The maximum absolute atomic E-state index is 12.1. The fourth-order valence-corrected chi connectivity index (χ4v) is 1.54. The summed E-state index contributed by atoms with van der Waals surface area (Å²) in [5.41, 5.74) is 1.11. The zero-order valence-electron chi connectivity index (χ0n) is 11.5. The van der Waals surface area contributed by atoms with E-state index < -0.39 is 0 Å². The van der Waals surface area contributed by atoms with Gasteiger partial charge in [-0.2, -0.15) is 0 Å². The monoisotopic (exact) mass is 238 g/mol. The number of hydrogen-bond acceptors (Lipinski definition) is 3. The second-order valence-corrected chi connectivity index (χ2v) is 5.82. The van der Waals surface area contributed by atoms with E-state index >= 15 is 0 Å². The van der Waals surface area contributed by atoms with Crippen molar-refractivity contribution in [1.82, 2.24) is 10.5 Å². The Bertz CT molecular complexity index is 400. The molecule has 0 unspecified atom stereocenters. The van der Waals surface area contributed by atoms with Crippen molar-refractivity contribution >= 4 is 5.91 Å². The third-order valence-corrected chi connectivity index (χ3v) is 2.47. The molecule has 96 valence electrons. The summed E-state index contributed by atoms with van der Waals surface area (Å²) in [6, 6.07) is 0. The number of carbonyl (C=O) groups is 1. The Morgan fingerprint density at radius 1 is 1.41 bits per heavy atom. The summed E-state index contributed by atoms with van der Waals surface area (Å²) in [5.74, 6) is 0.913. The van der Waals surface area contributed by atoms with Gasteiger partial charge in [0.25, 0.3) is 5.91 Å². The minimum atomic E-state index is -0.192. The van der Waals surface area contributed by atoms with E-state index in [1.54, 1.807) is 6.92 Å². The number of hydrogen-bond donors (Lipinski definition) is 1. The highest BCUT2D eigenvalue weighted by Crippen LogP contribution is 2.26. The molecular weight excluding hydrogens is 216 g/mol. The van der Waals surface area contributed by atoms with Crippen LogP contribution in [-0.4, -0.2) is 17.6 Å². The normalized spacial score (nSPS) is 11.9. The highest BCUT2D eigenvalue weighted by Gasteiger charge is 2.28. The second-order valence-electron chi connectivity index (χ2n) is 5.82. The highest BCUT2D eigenvalue weighted by molar-refractivity contribution is 5.96. The summed E-state index contributed by atoms with van der Waals surface area (Å²) < 4.78 is 5.14. The van der Waals surface area contributed by atoms with Gasteiger partial charge in [0.05, 0.1) is 0 Å². The Labute approximate surface area is 103 Å². The van der Waals surface area contributed by atoms with E-state index in [1.807, 2.05) is 20.8 Å². The molecule has 0 aliphatic carbocycles. The molecule has 0 aromatic carbocycles. The average Bonchev–Trinajstić information content (AvgIpc) is 2.56. The Balaban J connectivity index is 2.97. The summed E-state index contributed by atoms with van der Waals surface area (Å²) >= 11 is 0. The lowest BCUT2D eigenvalue weighted by atomic mass is 9.88. The molecule has 0 fully saturated rings. The molecule has 1 rings (SSSR count). The van der Waals surface area contributed by atoms with Gasteiger partial charge in [0.1, 0.15) is 17.0 Å². The number of amides is 1. The molecule has 0 saturated heterocycles. The number of rotatable bonds is 3. The molecule has 0 radical (unpaired) electrons. The maximum atomic E-state index is 12.1. The van der Waals surface area contributed by atoms with Gasteiger partial charge in [-0.3, -0.25) is 4.79 Å². The third-order valence-electron chi connectivity index (χ3n) is 2.47. The van der Waals surface area contributed by atoms with Crippen molar-refractivity contribution in [2.24, 2.45) is 5.92 Å². The van der Waals surface area contributed by atoms with E-state index in [9.17, 15) is 4.79 Å². The molecule has 1 amide bonds. The first-order valence-corrected chi connectivity index (χ1v) is 5.98. The standard InChI is InChI=1S/C13H22N2O2/c1-8(2)7-14-12(16)10-9(3)17-15-11(10)13(4,5)6/h8H,7H2,1-6H3,(H,14,16). The van der Waals surface area contributed by atoms with E-state index in [-0.39, 0.29) is 11.3 Å². The van der Waals surface area contributed by atoms with Gasteiger partial charge in [-0.25, -0.2) is 0 Å². The van der Waals surface area contributed by atoms with Crippen LogP contribution in [0.25, 0.3) is 0 Å². The summed E-state index contributed by atoms with van der Waals surface area (Å²) in [5, 5.41) is 6.90. The van der Waals surface area contributed by atoms with Crippen LogP contribution in [-0.2, 0) is 5.41 Å². The molecule has 0 aliphatic rings. The number of aryl methyl sites for hydroxylation is 1. The molecule has 0 atom stereocenters. The smallest absolute Gasteiger partial charge is 0.256 e. The van der Waals surface area contributed by atoms with E-state index in [0.717, 1.165) is 5.69 Å². The van der Waals surface area contributed by atoms with Crippen molar-refractivity contribution in [1.29, 1.82) is 0 Å². The van der Waals surface area contributed by atoms with Crippen molar-refractivity contribution in [3.63, 3.8) is 0 Å². The number of carbonyl (C=O) groups excluding carboxylic acids is 1. The van der Waals surface area contributed by atoms with Crippen LogP contribution in [0.4, 0.5) is 0 Å². The van der Waals surface area contributed by atoms with Crippen molar-refractivity contribution in [2.45, 2.75) is 47.0 Å². The molecule has 1 N–H and O–H groups in total. The summed E-state index contributed by atoms with van der Waals surface area (Å²) in [6.07, 6.45) is 0. The number of aromatic nitrogens is 1. The van der Waals surface area contributed by atoms with Crippen LogP contribution in [0.15, 0.2) is 4.52 Å². The third kappa shape index (κ3) is 3.32. The molecule has 0 bridgehead atoms. The lowest BCUT2D eigenvalue weighted by Crippen LogP contribution is -2.30. The van der Waals surface area contributed by atoms with Crippen LogP contribution in [0.2, 0.25) is 0 Å². The van der Waals surface area contributed by atoms with Gasteiger partial charge >= 0.3 is 0 Å². The maximum Gasteiger partial charge on any atom is 0.256 e. The van der Waals surface area contributed by atoms with Crippen LogP contribution >= 0.6 is 0 Å². The van der Waals surface area contributed by atoms with Crippen molar-refractivity contribution in [3.05, 3.63) is 17.0 Å². The molecule has 4 heteroatoms. The predicted molar refractivity (Wildman–Crippen MR) is 67.1 cm³/mol. The first-order chi connectivity index (χ1) is 7.73. The molecule has 1 aromatic heterocycles. The quantitative estimate of drug-likeness (QED) is 0.880. The summed E-state index contributed by atoms with van der Waals surface area (Å²) in [6.45, 7) is 12.6. The molecule has 1 heterocycles. The minimum Gasteiger partial charge on any atom is -0.361 e. The fraction of sp³-hybridized carbons (Fsp3) is 0.692. The topological polar surface area (TPSA) is 55.1 Å². The molecule has 0 saturated carbocycles. The molecule has 17 heavy (non-hydrogen) atoms. The Hall–Kier alpha value is -1.32. The first-order valence-electron chi connectivity index (χ1n) is 5.98. The average molecular weight is 238 g/mol. The Morgan fingerprint density at radius 2 is 2.00 bits per heavy atom. The second kappa shape index (κ2) is 4.90. The van der Waals surface area contributed by atoms with Gasteiger partial charge < -0.3 is 9.84 Å². The zero-order chi connectivity index (χ0) is 13.2. The van der Waals surface area contributed by atoms with Gasteiger partial charge in [0.2, 0.25) is 0 Å². The summed E-state index contributed by atoms with van der Waals surface area (Å²) in [4.78, 5) is 12.1. The minimum absolute atomic E-state index is 0.0950. The van der Waals surface area contributed by atoms with E-state index in [4.69, 9.17) is 4.52 Å². The van der Waals surface area contributed by atoms with Crippen LogP contribution in [0.1, 0.15) is 56.4 Å². The van der Waals surface area contributed by atoms with Crippen molar-refractivity contribution < 1.29 is 9.32 Å². The van der Waals surface area contributed by atoms with E-state index in [0.29, 0.717) is 23.8 Å². The largest absolute Gasteiger partial charge is 0.361 e. The van der Waals surface area contributed by atoms with Gasteiger partial charge in [-0.1, -0.05) is 39.8 Å². The van der Waals surface area contributed by atoms with Crippen LogP contribution in [0.5, 0.6) is 0 Å². The van der Waals surface area contributed by atoms with E-state index in [1.165, 1.54) is 0 Å². The zero-order valence-corrected chi connectivity index (χ0v) is 11.5. The Kier molecular flexibility index (Phi) is 3.96. The van der Waals surface area contributed by atoms with E-state index in [2.05, 4.69) is 24.3 Å².